The van der Waals surface area contributed by atoms with Crippen molar-refractivity contribution in [1.29, 1.82) is 0 Å². The van der Waals surface area contributed by atoms with Gasteiger partial charge in [0.2, 0.25) is 0 Å². The van der Waals surface area contributed by atoms with Crippen molar-refractivity contribution in [3.8, 4) is 5.75 Å². The Labute approximate surface area is 159 Å². The van der Waals surface area contributed by atoms with Gasteiger partial charge in [-0.05, 0) is 18.6 Å². The summed E-state index contributed by atoms with van der Waals surface area (Å²) in [6.45, 7) is 2.42. The molecule has 2 aromatic carbocycles. The standard InChI is InChI=1S/C22H24O5/c1-2-3-4-5-10-15-26-22(25)27-20-14-9-8-13-19(20)21(24)18-12-7-6-11-17(18)16-23/h6-9,11-14,16H,2-5,10,15H2,1H3. The Morgan fingerprint density at radius 3 is 2.30 bits per heavy atom. The van der Waals surface area contributed by atoms with Crippen LogP contribution >= 0.6 is 0 Å². The number of rotatable bonds is 10. The molecule has 0 heterocycles. The van der Waals surface area contributed by atoms with Crippen LogP contribution in [0.15, 0.2) is 48.5 Å². The highest BCUT2D eigenvalue weighted by Gasteiger charge is 2.19. The summed E-state index contributed by atoms with van der Waals surface area (Å²) in [4.78, 5) is 35.9. The van der Waals surface area contributed by atoms with E-state index in [9.17, 15) is 14.4 Å². The molecule has 142 valence electrons. The van der Waals surface area contributed by atoms with Gasteiger partial charge in [0.1, 0.15) is 5.75 Å². The lowest BCUT2D eigenvalue weighted by Crippen LogP contribution is -2.14. The molecular formula is C22H24O5. The molecule has 0 saturated carbocycles. The zero-order valence-electron chi connectivity index (χ0n) is 15.5. The molecule has 0 aliphatic carbocycles. The van der Waals surface area contributed by atoms with E-state index in [-0.39, 0.29) is 34.8 Å². The molecule has 2 aromatic rings. The lowest BCUT2D eigenvalue weighted by atomic mass is 9.98. The van der Waals surface area contributed by atoms with Gasteiger partial charge in [-0.15, -0.1) is 0 Å². The summed E-state index contributed by atoms with van der Waals surface area (Å²) in [6.07, 6.45) is 5.00. The average Bonchev–Trinajstić information content (AvgIpc) is 2.70. The van der Waals surface area contributed by atoms with Gasteiger partial charge in [0.05, 0.1) is 12.2 Å². The minimum Gasteiger partial charge on any atom is -0.434 e. The Hall–Kier alpha value is -2.95. The lowest BCUT2D eigenvalue weighted by molar-refractivity contribution is 0.0954. The van der Waals surface area contributed by atoms with Crippen molar-refractivity contribution in [1.82, 2.24) is 0 Å². The van der Waals surface area contributed by atoms with Crippen LogP contribution in [0.3, 0.4) is 0 Å². The Morgan fingerprint density at radius 1 is 0.889 bits per heavy atom. The highest BCUT2D eigenvalue weighted by molar-refractivity contribution is 6.14. The molecule has 0 radical (unpaired) electrons. The molecule has 0 N–H and O–H groups in total. The quantitative estimate of drug-likeness (QED) is 0.189. The summed E-state index contributed by atoms with van der Waals surface area (Å²) in [5.74, 6) is -0.278. The maximum absolute atomic E-state index is 12.8. The number of carbonyl (C=O) groups is 3. The first-order valence-electron chi connectivity index (χ1n) is 9.20. The normalized spacial score (nSPS) is 10.3. The molecule has 0 aromatic heterocycles. The fourth-order valence-electron chi connectivity index (χ4n) is 2.68. The first-order valence-corrected chi connectivity index (χ1v) is 9.20. The number of unbranched alkanes of at least 4 members (excludes halogenated alkanes) is 4. The van der Waals surface area contributed by atoms with Crippen LogP contribution in [-0.4, -0.2) is 24.8 Å². The van der Waals surface area contributed by atoms with Crippen LogP contribution in [0.1, 0.15) is 65.3 Å². The molecule has 2 rings (SSSR count). The van der Waals surface area contributed by atoms with Crippen LogP contribution in [0.4, 0.5) is 4.79 Å². The number of ether oxygens (including phenoxy) is 2. The van der Waals surface area contributed by atoms with E-state index < -0.39 is 6.16 Å². The van der Waals surface area contributed by atoms with Crippen LogP contribution < -0.4 is 4.74 Å². The largest absolute Gasteiger partial charge is 0.513 e. The summed E-state index contributed by atoms with van der Waals surface area (Å²) >= 11 is 0. The molecule has 0 amide bonds. The molecule has 0 aliphatic rings. The summed E-state index contributed by atoms with van der Waals surface area (Å²) < 4.78 is 10.3. The number of para-hydroxylation sites is 1. The Bertz CT molecular complexity index is 782. The molecule has 0 spiro atoms. The Kier molecular flexibility index (Phi) is 8.23. The first kappa shape index (κ1) is 20.4. The number of aldehydes is 1. The third-order valence-electron chi connectivity index (χ3n) is 4.13. The van der Waals surface area contributed by atoms with Crippen LogP contribution in [0, 0.1) is 0 Å². The lowest BCUT2D eigenvalue weighted by Gasteiger charge is -2.10. The van der Waals surface area contributed by atoms with Crippen molar-refractivity contribution in [2.45, 2.75) is 39.0 Å². The molecule has 0 saturated heterocycles. The SMILES string of the molecule is CCCCCCCOC(=O)Oc1ccccc1C(=O)c1ccccc1C=O. The second kappa shape index (κ2) is 10.9. The van der Waals surface area contributed by atoms with Gasteiger partial charge in [-0.2, -0.15) is 0 Å². The van der Waals surface area contributed by atoms with E-state index in [1.807, 2.05) is 0 Å². The Morgan fingerprint density at radius 2 is 1.56 bits per heavy atom. The van der Waals surface area contributed by atoms with Gasteiger partial charge < -0.3 is 9.47 Å². The van der Waals surface area contributed by atoms with E-state index in [1.54, 1.807) is 42.5 Å². The molecule has 27 heavy (non-hydrogen) atoms. The van der Waals surface area contributed by atoms with Gasteiger partial charge in [-0.3, -0.25) is 9.59 Å². The summed E-state index contributed by atoms with van der Waals surface area (Å²) in [7, 11) is 0. The minimum atomic E-state index is -0.839. The fraction of sp³-hybridized carbons (Fsp3) is 0.318. The van der Waals surface area contributed by atoms with Crippen LogP contribution in [0.25, 0.3) is 0 Å². The molecule has 5 heteroatoms. The number of hydrogen-bond acceptors (Lipinski definition) is 5. The molecule has 0 unspecified atom stereocenters. The summed E-state index contributed by atoms with van der Waals surface area (Å²) in [5, 5.41) is 0. The van der Waals surface area contributed by atoms with Gasteiger partial charge in [0, 0.05) is 11.1 Å². The topological polar surface area (TPSA) is 69.7 Å². The molecular weight excluding hydrogens is 344 g/mol. The van der Waals surface area contributed by atoms with Crippen LogP contribution in [0.2, 0.25) is 0 Å². The van der Waals surface area contributed by atoms with Gasteiger partial charge in [-0.1, -0.05) is 69.0 Å². The number of hydrogen-bond donors (Lipinski definition) is 0. The Balaban J connectivity index is 2.02. The molecule has 0 aliphatic heterocycles. The van der Waals surface area contributed by atoms with Crippen LogP contribution in [-0.2, 0) is 4.74 Å². The summed E-state index contributed by atoms with van der Waals surface area (Å²) in [6, 6.07) is 12.9. The van der Waals surface area contributed by atoms with E-state index in [1.165, 1.54) is 12.5 Å². The van der Waals surface area contributed by atoms with Crippen molar-refractivity contribution in [3.63, 3.8) is 0 Å². The molecule has 5 nitrogen and oxygen atoms in total. The maximum atomic E-state index is 12.8. The van der Waals surface area contributed by atoms with Gasteiger partial charge in [0.25, 0.3) is 0 Å². The molecule has 0 atom stereocenters. The highest BCUT2D eigenvalue weighted by Crippen LogP contribution is 2.23. The van der Waals surface area contributed by atoms with E-state index in [2.05, 4.69) is 6.92 Å². The third-order valence-corrected chi connectivity index (χ3v) is 4.13. The highest BCUT2D eigenvalue weighted by atomic mass is 16.7. The third kappa shape index (κ3) is 6.06. The fourth-order valence-corrected chi connectivity index (χ4v) is 2.68. The van der Waals surface area contributed by atoms with Crippen molar-refractivity contribution in [2.75, 3.05) is 6.61 Å². The van der Waals surface area contributed by atoms with Crippen LogP contribution in [0.5, 0.6) is 5.75 Å². The van der Waals surface area contributed by atoms with E-state index in [0.717, 1.165) is 25.7 Å². The first-order chi connectivity index (χ1) is 13.2. The van der Waals surface area contributed by atoms with Crippen molar-refractivity contribution >= 4 is 18.2 Å². The molecule has 0 bridgehead atoms. The minimum absolute atomic E-state index is 0.110. The van der Waals surface area contributed by atoms with Crippen molar-refractivity contribution in [3.05, 3.63) is 65.2 Å². The average molecular weight is 368 g/mol. The zero-order valence-corrected chi connectivity index (χ0v) is 15.5. The van der Waals surface area contributed by atoms with E-state index >= 15 is 0 Å². The zero-order chi connectivity index (χ0) is 19.5. The number of ketones is 1. The van der Waals surface area contributed by atoms with Crippen molar-refractivity contribution in [2.24, 2.45) is 0 Å². The second-order valence-corrected chi connectivity index (χ2v) is 6.15. The number of carbonyl (C=O) groups excluding carboxylic acids is 3. The van der Waals surface area contributed by atoms with E-state index in [0.29, 0.717) is 6.29 Å². The predicted molar refractivity (Wildman–Crippen MR) is 102 cm³/mol. The summed E-state index contributed by atoms with van der Waals surface area (Å²) in [5.41, 5.74) is 0.742. The predicted octanol–water partition coefficient (Wildman–Crippen LogP) is 5.22. The maximum Gasteiger partial charge on any atom is 0.513 e. The van der Waals surface area contributed by atoms with Crippen molar-refractivity contribution < 1.29 is 23.9 Å². The van der Waals surface area contributed by atoms with Gasteiger partial charge in [0.15, 0.2) is 12.1 Å². The second-order valence-electron chi connectivity index (χ2n) is 6.15. The van der Waals surface area contributed by atoms with E-state index in [4.69, 9.17) is 9.47 Å². The number of benzene rings is 2. The smallest absolute Gasteiger partial charge is 0.434 e. The van der Waals surface area contributed by atoms with Gasteiger partial charge >= 0.3 is 6.16 Å². The molecule has 0 fully saturated rings. The van der Waals surface area contributed by atoms with Gasteiger partial charge in [-0.25, -0.2) is 4.79 Å². The monoisotopic (exact) mass is 368 g/mol.